The molecule has 1 saturated heterocycles. The molecule has 2 aliphatic heterocycles. The van der Waals surface area contributed by atoms with Gasteiger partial charge in [-0.2, -0.15) is 0 Å². The minimum atomic E-state index is 0.0570. The summed E-state index contributed by atoms with van der Waals surface area (Å²) in [5.74, 6) is 1.08. The van der Waals surface area contributed by atoms with Gasteiger partial charge in [0.2, 0.25) is 0 Å². The third-order valence-corrected chi connectivity index (χ3v) is 3.48. The lowest BCUT2D eigenvalue weighted by Crippen LogP contribution is -2.44. The molecule has 0 unspecified atom stereocenters. The molecule has 0 saturated carbocycles. The fourth-order valence-electron chi connectivity index (χ4n) is 2.83. The Kier molecular flexibility index (Phi) is 1.85. The highest BCUT2D eigenvalue weighted by atomic mass is 16.1. The van der Waals surface area contributed by atoms with Crippen molar-refractivity contribution in [1.82, 2.24) is 9.88 Å². The van der Waals surface area contributed by atoms with E-state index in [4.69, 9.17) is 5.73 Å². The summed E-state index contributed by atoms with van der Waals surface area (Å²) in [7, 11) is 0. The number of aromatic nitrogens is 1. The van der Waals surface area contributed by atoms with E-state index in [1.54, 1.807) is 0 Å². The van der Waals surface area contributed by atoms with E-state index in [9.17, 15) is 4.79 Å². The van der Waals surface area contributed by atoms with Gasteiger partial charge in [0.25, 0.3) is 5.56 Å². The van der Waals surface area contributed by atoms with Gasteiger partial charge in [-0.1, -0.05) is 0 Å². The minimum absolute atomic E-state index is 0.0570. The van der Waals surface area contributed by atoms with E-state index in [-0.39, 0.29) is 5.56 Å². The lowest BCUT2D eigenvalue weighted by atomic mass is 9.84. The summed E-state index contributed by atoms with van der Waals surface area (Å²) in [6, 6.07) is 3.48. The van der Waals surface area contributed by atoms with Crippen molar-refractivity contribution in [2.45, 2.75) is 18.9 Å². The maximum atomic E-state index is 11.8. The molecule has 3 N–H and O–H groups in total. The van der Waals surface area contributed by atoms with Crippen LogP contribution in [0.25, 0.3) is 0 Å². The van der Waals surface area contributed by atoms with Gasteiger partial charge in [-0.25, -0.2) is 0 Å². The fraction of sp³-hybridized carbons (Fsp3) is 0.545. The highest BCUT2D eigenvalue weighted by Gasteiger charge is 2.30. The molecule has 1 aromatic heterocycles. The van der Waals surface area contributed by atoms with Gasteiger partial charge in [-0.15, -0.1) is 0 Å². The normalized spacial score (nSPS) is 28.5. The molecule has 3 heterocycles. The van der Waals surface area contributed by atoms with E-state index in [2.05, 4.69) is 5.32 Å². The van der Waals surface area contributed by atoms with Gasteiger partial charge in [0.1, 0.15) is 0 Å². The van der Waals surface area contributed by atoms with E-state index in [1.807, 2.05) is 10.6 Å². The molecular weight excluding hydrogens is 190 g/mol. The van der Waals surface area contributed by atoms with Crippen molar-refractivity contribution in [2.75, 3.05) is 18.8 Å². The Hall–Kier alpha value is -1.29. The summed E-state index contributed by atoms with van der Waals surface area (Å²) in [5, 5.41) is 3.41. The number of fused-ring (bicyclic) bond motifs is 4. The Bertz CT molecular complexity index is 452. The molecule has 15 heavy (non-hydrogen) atoms. The van der Waals surface area contributed by atoms with E-state index in [0.717, 1.165) is 25.3 Å². The van der Waals surface area contributed by atoms with Crippen LogP contribution in [0.15, 0.2) is 16.9 Å². The van der Waals surface area contributed by atoms with Crippen LogP contribution < -0.4 is 16.6 Å². The number of piperidine rings is 1. The topological polar surface area (TPSA) is 60.0 Å². The first-order valence-electron chi connectivity index (χ1n) is 5.45. The first-order valence-corrected chi connectivity index (χ1v) is 5.45. The van der Waals surface area contributed by atoms with Crippen LogP contribution in [0.2, 0.25) is 0 Å². The van der Waals surface area contributed by atoms with Crippen LogP contribution in [0.1, 0.15) is 18.0 Å². The van der Waals surface area contributed by atoms with Gasteiger partial charge in [-0.3, -0.25) is 4.79 Å². The van der Waals surface area contributed by atoms with Gasteiger partial charge >= 0.3 is 0 Å². The lowest BCUT2D eigenvalue weighted by molar-refractivity contribution is 0.257. The van der Waals surface area contributed by atoms with Crippen molar-refractivity contribution in [2.24, 2.45) is 5.92 Å². The van der Waals surface area contributed by atoms with Crippen LogP contribution in [0, 0.1) is 5.92 Å². The Morgan fingerprint density at radius 3 is 3.13 bits per heavy atom. The number of nitrogen functional groups attached to an aromatic ring is 1. The molecule has 0 spiro atoms. The van der Waals surface area contributed by atoms with Crippen molar-refractivity contribution in [1.29, 1.82) is 0 Å². The molecule has 1 aromatic rings. The van der Waals surface area contributed by atoms with E-state index in [0.29, 0.717) is 17.5 Å². The van der Waals surface area contributed by atoms with Crippen LogP contribution in [-0.2, 0) is 6.54 Å². The Morgan fingerprint density at radius 1 is 1.40 bits per heavy atom. The summed E-state index contributed by atoms with van der Waals surface area (Å²) >= 11 is 0. The number of anilines is 1. The number of nitrogens with one attached hydrogen (secondary N) is 1. The molecule has 4 heteroatoms. The van der Waals surface area contributed by atoms with Crippen LogP contribution in [-0.4, -0.2) is 17.7 Å². The highest BCUT2D eigenvalue weighted by Crippen LogP contribution is 2.32. The average Bonchev–Trinajstić information content (AvgIpc) is 2.21. The Labute approximate surface area is 88.1 Å². The summed E-state index contributed by atoms with van der Waals surface area (Å²) in [5.41, 5.74) is 7.48. The maximum Gasteiger partial charge on any atom is 0.252 e. The first kappa shape index (κ1) is 8.97. The Morgan fingerprint density at radius 2 is 2.27 bits per heavy atom. The average molecular weight is 205 g/mol. The molecule has 80 valence electrons. The largest absolute Gasteiger partial charge is 0.399 e. The third-order valence-electron chi connectivity index (χ3n) is 3.48. The number of hydrogen-bond donors (Lipinski definition) is 2. The molecule has 0 aromatic carbocycles. The Balaban J connectivity index is 2.17. The van der Waals surface area contributed by atoms with Gasteiger partial charge in [0.05, 0.1) is 0 Å². The highest BCUT2D eigenvalue weighted by molar-refractivity contribution is 5.39. The van der Waals surface area contributed by atoms with E-state index < -0.39 is 0 Å². The van der Waals surface area contributed by atoms with E-state index >= 15 is 0 Å². The molecule has 4 nitrogen and oxygen atoms in total. The second-order valence-corrected chi connectivity index (χ2v) is 4.62. The van der Waals surface area contributed by atoms with Gasteiger partial charge in [0, 0.05) is 36.5 Å². The quantitative estimate of drug-likeness (QED) is 0.633. The standard InChI is InChI=1S/C11H15N3O/c12-9-2-10-8-1-7(4-13-5-8)6-14(10)11(15)3-9/h2-3,7-8,13H,1,4-6,12H2/t7-,8+/m0/s1. The number of nitrogens with zero attached hydrogens (tertiary/aromatic N) is 1. The van der Waals surface area contributed by atoms with Crippen molar-refractivity contribution < 1.29 is 0 Å². The number of hydrogen-bond acceptors (Lipinski definition) is 3. The van der Waals surface area contributed by atoms with E-state index in [1.165, 1.54) is 12.5 Å². The van der Waals surface area contributed by atoms with Crippen LogP contribution in [0.3, 0.4) is 0 Å². The summed E-state index contributed by atoms with van der Waals surface area (Å²) in [4.78, 5) is 11.8. The SMILES string of the molecule is Nc1cc2n(c(=O)c1)C[C@@H]1CNC[C@H]2C1. The predicted molar refractivity (Wildman–Crippen MR) is 58.8 cm³/mol. The van der Waals surface area contributed by atoms with Crippen LogP contribution >= 0.6 is 0 Å². The maximum absolute atomic E-state index is 11.8. The van der Waals surface area contributed by atoms with Crippen molar-refractivity contribution in [3.8, 4) is 0 Å². The van der Waals surface area contributed by atoms with Gasteiger partial charge in [0.15, 0.2) is 0 Å². The van der Waals surface area contributed by atoms with Gasteiger partial charge < -0.3 is 15.6 Å². The molecule has 3 rings (SSSR count). The molecule has 2 atom stereocenters. The zero-order chi connectivity index (χ0) is 10.4. The molecule has 0 radical (unpaired) electrons. The molecule has 0 amide bonds. The molecular formula is C11H15N3O. The zero-order valence-electron chi connectivity index (χ0n) is 8.57. The van der Waals surface area contributed by atoms with Crippen molar-refractivity contribution >= 4 is 5.69 Å². The van der Waals surface area contributed by atoms with Crippen LogP contribution in [0.4, 0.5) is 5.69 Å². The molecule has 2 bridgehead atoms. The smallest absolute Gasteiger partial charge is 0.252 e. The molecule has 0 aliphatic carbocycles. The van der Waals surface area contributed by atoms with Gasteiger partial charge in [-0.05, 0) is 24.9 Å². The summed E-state index contributed by atoms with van der Waals surface area (Å²) in [6.07, 6.45) is 1.19. The summed E-state index contributed by atoms with van der Waals surface area (Å²) < 4.78 is 1.90. The monoisotopic (exact) mass is 205 g/mol. The molecule has 2 aliphatic rings. The van der Waals surface area contributed by atoms with Crippen LogP contribution in [0.5, 0.6) is 0 Å². The fourth-order valence-corrected chi connectivity index (χ4v) is 2.83. The number of rotatable bonds is 0. The second-order valence-electron chi connectivity index (χ2n) is 4.62. The molecule has 1 fully saturated rings. The summed E-state index contributed by atoms with van der Waals surface area (Å²) in [6.45, 7) is 2.85. The third kappa shape index (κ3) is 1.36. The lowest BCUT2D eigenvalue weighted by Gasteiger charge is -2.37. The number of pyridine rings is 1. The van der Waals surface area contributed by atoms with Crippen molar-refractivity contribution in [3.63, 3.8) is 0 Å². The number of nitrogens with two attached hydrogens (primary N) is 1. The zero-order valence-corrected chi connectivity index (χ0v) is 8.57. The van der Waals surface area contributed by atoms with Crippen molar-refractivity contribution in [3.05, 3.63) is 28.2 Å². The second kappa shape index (κ2) is 3.10. The first-order chi connectivity index (χ1) is 7.24. The minimum Gasteiger partial charge on any atom is -0.399 e. The predicted octanol–water partition coefficient (Wildman–Crippen LogP) is 0.137.